The van der Waals surface area contributed by atoms with Gasteiger partial charge in [-0.15, -0.1) is 6.58 Å². The van der Waals surface area contributed by atoms with Crippen LogP contribution >= 0.6 is 0 Å². The van der Waals surface area contributed by atoms with Crippen molar-refractivity contribution < 1.29 is 14.3 Å². The first kappa shape index (κ1) is 14.3. The zero-order valence-corrected chi connectivity index (χ0v) is 11.2. The number of carbonyl (C=O) groups excluding carboxylic acids is 1. The highest BCUT2D eigenvalue weighted by atomic mass is 16.5. The Morgan fingerprint density at radius 2 is 2.06 bits per heavy atom. The van der Waals surface area contributed by atoms with Crippen LogP contribution in [0.4, 0.5) is 0 Å². The Balaban J connectivity index is 2.74. The molecule has 0 heterocycles. The Labute approximate surface area is 108 Å². The number of hydrogen-bond acceptors (Lipinski definition) is 3. The van der Waals surface area contributed by atoms with E-state index in [0.717, 1.165) is 17.7 Å². The lowest BCUT2D eigenvalue weighted by Gasteiger charge is -2.22. The topological polar surface area (TPSA) is 35.5 Å². The van der Waals surface area contributed by atoms with Crippen molar-refractivity contribution in [3.8, 4) is 5.75 Å². The van der Waals surface area contributed by atoms with Crippen molar-refractivity contribution in [2.24, 2.45) is 5.41 Å². The summed E-state index contributed by atoms with van der Waals surface area (Å²) in [5.41, 5.74) is 0.406. The Morgan fingerprint density at radius 1 is 1.39 bits per heavy atom. The zero-order valence-electron chi connectivity index (χ0n) is 11.2. The van der Waals surface area contributed by atoms with Crippen LogP contribution in [0, 0.1) is 5.41 Å². The molecule has 3 heteroatoms. The van der Waals surface area contributed by atoms with Gasteiger partial charge in [0.2, 0.25) is 0 Å². The maximum Gasteiger partial charge on any atom is 0.314 e. The van der Waals surface area contributed by atoms with Crippen LogP contribution in [0.3, 0.4) is 0 Å². The smallest absolute Gasteiger partial charge is 0.314 e. The average Bonchev–Trinajstić information content (AvgIpc) is 2.37. The summed E-state index contributed by atoms with van der Waals surface area (Å²) in [4.78, 5) is 11.5. The maximum absolute atomic E-state index is 11.5. The van der Waals surface area contributed by atoms with Crippen molar-refractivity contribution >= 4 is 5.97 Å². The van der Waals surface area contributed by atoms with E-state index in [1.165, 1.54) is 7.11 Å². The molecule has 0 amide bonds. The van der Waals surface area contributed by atoms with Crippen molar-refractivity contribution in [1.82, 2.24) is 0 Å². The highest BCUT2D eigenvalue weighted by molar-refractivity contribution is 5.75. The summed E-state index contributed by atoms with van der Waals surface area (Å²) in [6.07, 6.45) is 2.57. The summed E-state index contributed by atoms with van der Waals surface area (Å²) >= 11 is 0. The van der Waals surface area contributed by atoms with Crippen LogP contribution in [0.1, 0.15) is 19.4 Å². The van der Waals surface area contributed by atoms with E-state index in [1.807, 2.05) is 30.3 Å². The second kappa shape index (κ2) is 6.24. The third-order valence-electron chi connectivity index (χ3n) is 2.66. The van der Waals surface area contributed by atoms with Crippen LogP contribution < -0.4 is 4.74 Å². The quantitative estimate of drug-likeness (QED) is 0.573. The van der Waals surface area contributed by atoms with Crippen LogP contribution in [0.25, 0.3) is 0 Å². The lowest BCUT2D eigenvalue weighted by molar-refractivity contribution is -0.152. The number of benzene rings is 1. The molecule has 0 aliphatic carbocycles. The van der Waals surface area contributed by atoms with Gasteiger partial charge < -0.3 is 9.47 Å². The van der Waals surface area contributed by atoms with Gasteiger partial charge in [-0.1, -0.05) is 24.3 Å². The molecule has 0 unspecified atom stereocenters. The standard InChI is InChI=1S/C15H20O3/c1-5-8-12-9-6-7-10-13(12)18-11-15(2,3)14(16)17-4/h5-7,9-10H,1,8,11H2,2-4H3. The molecule has 3 nitrogen and oxygen atoms in total. The SMILES string of the molecule is C=CCc1ccccc1OCC(C)(C)C(=O)OC. The van der Waals surface area contributed by atoms with Crippen LogP contribution in [0.15, 0.2) is 36.9 Å². The molecule has 0 aliphatic rings. The molecule has 18 heavy (non-hydrogen) atoms. The molecular weight excluding hydrogens is 228 g/mol. The summed E-state index contributed by atoms with van der Waals surface area (Å²) in [7, 11) is 1.38. The van der Waals surface area contributed by atoms with E-state index in [0.29, 0.717) is 0 Å². The van der Waals surface area contributed by atoms with E-state index in [1.54, 1.807) is 13.8 Å². The second-order valence-corrected chi connectivity index (χ2v) is 4.76. The zero-order chi connectivity index (χ0) is 13.6. The van der Waals surface area contributed by atoms with E-state index in [2.05, 4.69) is 6.58 Å². The summed E-state index contributed by atoms with van der Waals surface area (Å²) in [5, 5.41) is 0. The molecule has 98 valence electrons. The van der Waals surface area contributed by atoms with Gasteiger partial charge >= 0.3 is 5.97 Å². The molecule has 0 saturated carbocycles. The van der Waals surface area contributed by atoms with Crippen LogP contribution in [-0.2, 0) is 16.0 Å². The molecule has 0 bridgehead atoms. The van der Waals surface area contributed by atoms with Crippen LogP contribution in [0.5, 0.6) is 5.75 Å². The Morgan fingerprint density at radius 3 is 2.67 bits per heavy atom. The fraction of sp³-hybridized carbons (Fsp3) is 0.400. The molecule has 0 radical (unpaired) electrons. The maximum atomic E-state index is 11.5. The van der Waals surface area contributed by atoms with E-state index in [4.69, 9.17) is 9.47 Å². The number of ether oxygens (including phenoxy) is 2. The summed E-state index contributed by atoms with van der Waals surface area (Å²) in [6.45, 7) is 7.60. The number of carbonyl (C=O) groups is 1. The number of allylic oxidation sites excluding steroid dienone is 1. The van der Waals surface area contributed by atoms with Gasteiger partial charge in [0.25, 0.3) is 0 Å². The summed E-state index contributed by atoms with van der Waals surface area (Å²) in [5.74, 6) is 0.512. The third kappa shape index (κ3) is 3.62. The first-order valence-corrected chi connectivity index (χ1v) is 5.91. The molecule has 0 aromatic heterocycles. The number of methoxy groups -OCH3 is 1. The largest absolute Gasteiger partial charge is 0.492 e. The molecule has 0 saturated heterocycles. The number of esters is 1. The van der Waals surface area contributed by atoms with Crippen molar-refractivity contribution in [1.29, 1.82) is 0 Å². The number of para-hydroxylation sites is 1. The van der Waals surface area contributed by atoms with E-state index in [9.17, 15) is 4.79 Å². The van der Waals surface area contributed by atoms with Gasteiger partial charge in [-0.05, 0) is 31.9 Å². The van der Waals surface area contributed by atoms with Gasteiger partial charge in [-0.3, -0.25) is 4.79 Å². The normalized spacial score (nSPS) is 10.8. The van der Waals surface area contributed by atoms with Crippen molar-refractivity contribution in [2.45, 2.75) is 20.3 Å². The predicted molar refractivity (Wildman–Crippen MR) is 71.6 cm³/mol. The molecule has 0 aliphatic heterocycles. The van der Waals surface area contributed by atoms with Gasteiger partial charge in [0.15, 0.2) is 0 Å². The lowest BCUT2D eigenvalue weighted by Crippen LogP contribution is -2.32. The van der Waals surface area contributed by atoms with Crippen LogP contribution in [-0.4, -0.2) is 19.7 Å². The fourth-order valence-corrected chi connectivity index (χ4v) is 1.56. The molecule has 0 fully saturated rings. The van der Waals surface area contributed by atoms with E-state index >= 15 is 0 Å². The Bertz CT molecular complexity index is 422. The molecule has 1 aromatic rings. The highest BCUT2D eigenvalue weighted by Gasteiger charge is 2.29. The Kier molecular flexibility index (Phi) is 4.95. The molecule has 0 N–H and O–H groups in total. The minimum atomic E-state index is -0.657. The molecule has 0 spiro atoms. The highest BCUT2D eigenvalue weighted by Crippen LogP contribution is 2.23. The first-order chi connectivity index (χ1) is 8.51. The van der Waals surface area contributed by atoms with Crippen LogP contribution in [0.2, 0.25) is 0 Å². The van der Waals surface area contributed by atoms with Gasteiger partial charge in [0.05, 0.1) is 12.5 Å². The molecule has 1 aromatic carbocycles. The summed E-state index contributed by atoms with van der Waals surface area (Å²) < 4.78 is 10.5. The third-order valence-corrected chi connectivity index (χ3v) is 2.66. The molecular formula is C15H20O3. The van der Waals surface area contributed by atoms with Crippen molar-refractivity contribution in [3.63, 3.8) is 0 Å². The van der Waals surface area contributed by atoms with E-state index < -0.39 is 5.41 Å². The van der Waals surface area contributed by atoms with Crippen molar-refractivity contribution in [3.05, 3.63) is 42.5 Å². The Hall–Kier alpha value is -1.77. The second-order valence-electron chi connectivity index (χ2n) is 4.76. The average molecular weight is 248 g/mol. The van der Waals surface area contributed by atoms with Gasteiger partial charge in [-0.2, -0.15) is 0 Å². The number of rotatable bonds is 6. The minimum absolute atomic E-state index is 0.274. The van der Waals surface area contributed by atoms with Gasteiger partial charge in [-0.25, -0.2) is 0 Å². The lowest BCUT2D eigenvalue weighted by atomic mass is 9.95. The van der Waals surface area contributed by atoms with Gasteiger partial charge in [0, 0.05) is 0 Å². The fourth-order valence-electron chi connectivity index (χ4n) is 1.56. The van der Waals surface area contributed by atoms with E-state index in [-0.39, 0.29) is 12.6 Å². The molecule has 1 rings (SSSR count). The monoisotopic (exact) mass is 248 g/mol. The summed E-state index contributed by atoms with van der Waals surface area (Å²) in [6, 6.07) is 7.75. The van der Waals surface area contributed by atoms with Crippen molar-refractivity contribution in [2.75, 3.05) is 13.7 Å². The number of hydrogen-bond donors (Lipinski definition) is 0. The minimum Gasteiger partial charge on any atom is -0.492 e. The van der Waals surface area contributed by atoms with Gasteiger partial charge in [0.1, 0.15) is 12.4 Å². The predicted octanol–water partition coefficient (Wildman–Crippen LogP) is 2.99. The first-order valence-electron chi connectivity index (χ1n) is 5.91. The molecule has 0 atom stereocenters.